The molecule has 1 fully saturated rings. The van der Waals surface area contributed by atoms with Gasteiger partial charge in [0.25, 0.3) is 0 Å². The molecule has 0 aromatic heterocycles. The van der Waals surface area contributed by atoms with Crippen LogP contribution in [0.4, 0.5) is 0 Å². The number of rotatable bonds is 6. The van der Waals surface area contributed by atoms with E-state index in [1.165, 1.54) is 6.42 Å². The molecule has 0 aromatic carbocycles. The lowest BCUT2D eigenvalue weighted by molar-refractivity contribution is -0.141. The second-order valence-electron chi connectivity index (χ2n) is 5.04. The fourth-order valence-corrected chi connectivity index (χ4v) is 1.86. The molecule has 0 aliphatic heterocycles. The van der Waals surface area contributed by atoms with E-state index in [-0.39, 0.29) is 12.5 Å². The highest BCUT2D eigenvalue weighted by Crippen LogP contribution is 2.26. The summed E-state index contributed by atoms with van der Waals surface area (Å²) in [5.41, 5.74) is -0.509. The van der Waals surface area contributed by atoms with Gasteiger partial charge in [0.2, 0.25) is 5.91 Å². The van der Waals surface area contributed by atoms with Crippen molar-refractivity contribution in [3.8, 4) is 0 Å². The largest absolute Gasteiger partial charge is 0.396 e. The minimum atomic E-state index is -0.509. The molecule has 0 unspecified atom stereocenters. The Morgan fingerprint density at radius 3 is 2.50 bits per heavy atom. The minimum Gasteiger partial charge on any atom is -0.396 e. The van der Waals surface area contributed by atoms with Gasteiger partial charge in [-0.3, -0.25) is 4.79 Å². The Labute approximate surface area is 98.0 Å². The molecule has 94 valence electrons. The van der Waals surface area contributed by atoms with E-state index >= 15 is 0 Å². The first-order valence-electron chi connectivity index (χ1n) is 6.13. The SMILES string of the molecule is CNC(C)(C)C(=O)N(CCCO)C1CCC1. The van der Waals surface area contributed by atoms with Gasteiger partial charge in [-0.1, -0.05) is 0 Å². The van der Waals surface area contributed by atoms with Crippen LogP contribution in [0.2, 0.25) is 0 Å². The summed E-state index contributed by atoms with van der Waals surface area (Å²) in [7, 11) is 1.81. The highest BCUT2D eigenvalue weighted by molar-refractivity contribution is 5.85. The number of amides is 1. The summed E-state index contributed by atoms with van der Waals surface area (Å²) in [4.78, 5) is 14.3. The molecule has 1 aliphatic rings. The molecule has 0 heterocycles. The van der Waals surface area contributed by atoms with Crippen molar-refractivity contribution in [3.05, 3.63) is 0 Å². The molecule has 1 amide bonds. The lowest BCUT2D eigenvalue weighted by Gasteiger charge is -2.41. The zero-order valence-corrected chi connectivity index (χ0v) is 10.6. The average Bonchev–Trinajstić information content (AvgIpc) is 2.20. The Kier molecular flexibility index (Phi) is 4.74. The molecule has 1 saturated carbocycles. The maximum Gasteiger partial charge on any atom is 0.242 e. The molecular formula is C12H24N2O2. The second kappa shape index (κ2) is 5.64. The quantitative estimate of drug-likeness (QED) is 0.705. The number of carbonyl (C=O) groups is 1. The number of hydrogen-bond donors (Lipinski definition) is 2. The third-order valence-corrected chi connectivity index (χ3v) is 3.49. The van der Waals surface area contributed by atoms with Gasteiger partial charge in [-0.2, -0.15) is 0 Å². The second-order valence-corrected chi connectivity index (χ2v) is 5.04. The summed E-state index contributed by atoms with van der Waals surface area (Å²) >= 11 is 0. The Morgan fingerprint density at radius 2 is 2.12 bits per heavy atom. The summed E-state index contributed by atoms with van der Waals surface area (Å²) in [5, 5.41) is 11.9. The van der Waals surface area contributed by atoms with Gasteiger partial charge in [0, 0.05) is 19.2 Å². The van der Waals surface area contributed by atoms with Crippen molar-refractivity contribution < 1.29 is 9.90 Å². The van der Waals surface area contributed by atoms with Crippen LogP contribution in [-0.4, -0.2) is 47.7 Å². The summed E-state index contributed by atoms with van der Waals surface area (Å²) in [6.07, 6.45) is 4.10. The number of nitrogens with one attached hydrogen (secondary N) is 1. The predicted octanol–water partition coefficient (Wildman–Crippen LogP) is 0.748. The molecule has 1 rings (SSSR count). The first-order chi connectivity index (χ1) is 7.53. The maximum absolute atomic E-state index is 12.3. The monoisotopic (exact) mass is 228 g/mol. The number of hydrogen-bond acceptors (Lipinski definition) is 3. The number of likely N-dealkylation sites (N-methyl/N-ethyl adjacent to an activating group) is 1. The van der Waals surface area contributed by atoms with E-state index < -0.39 is 5.54 Å². The van der Waals surface area contributed by atoms with E-state index in [2.05, 4.69) is 5.32 Å². The van der Waals surface area contributed by atoms with Crippen LogP contribution in [-0.2, 0) is 4.79 Å². The van der Waals surface area contributed by atoms with Gasteiger partial charge in [-0.05, 0) is 46.6 Å². The van der Waals surface area contributed by atoms with Crippen molar-refractivity contribution >= 4 is 5.91 Å². The van der Waals surface area contributed by atoms with Crippen LogP contribution >= 0.6 is 0 Å². The third-order valence-electron chi connectivity index (χ3n) is 3.49. The van der Waals surface area contributed by atoms with Crippen LogP contribution in [0.3, 0.4) is 0 Å². The summed E-state index contributed by atoms with van der Waals surface area (Å²) in [6, 6.07) is 0.395. The van der Waals surface area contributed by atoms with E-state index in [9.17, 15) is 4.79 Å². The van der Waals surface area contributed by atoms with Gasteiger partial charge in [0.15, 0.2) is 0 Å². The molecule has 4 nitrogen and oxygen atoms in total. The van der Waals surface area contributed by atoms with Crippen molar-refractivity contribution in [2.45, 2.75) is 51.1 Å². The zero-order valence-electron chi connectivity index (χ0n) is 10.6. The fourth-order valence-electron chi connectivity index (χ4n) is 1.86. The molecule has 0 spiro atoms. The molecule has 0 saturated heterocycles. The topological polar surface area (TPSA) is 52.6 Å². The normalized spacial score (nSPS) is 17.0. The summed E-state index contributed by atoms with van der Waals surface area (Å²) in [6.45, 7) is 4.63. The molecule has 0 atom stereocenters. The zero-order chi connectivity index (χ0) is 12.2. The summed E-state index contributed by atoms with van der Waals surface area (Å²) in [5.74, 6) is 0.146. The van der Waals surface area contributed by atoms with Gasteiger partial charge in [0.1, 0.15) is 0 Å². The van der Waals surface area contributed by atoms with Crippen molar-refractivity contribution in [1.29, 1.82) is 0 Å². The number of carbonyl (C=O) groups excluding carboxylic acids is 1. The Balaban J connectivity index is 2.63. The molecule has 0 radical (unpaired) electrons. The molecule has 4 heteroatoms. The number of nitrogens with zero attached hydrogens (tertiary/aromatic N) is 1. The average molecular weight is 228 g/mol. The van der Waals surface area contributed by atoms with Gasteiger partial charge >= 0.3 is 0 Å². The van der Waals surface area contributed by atoms with Gasteiger partial charge in [-0.25, -0.2) is 0 Å². The van der Waals surface area contributed by atoms with E-state index in [1.807, 2.05) is 25.8 Å². The Morgan fingerprint density at radius 1 is 1.50 bits per heavy atom. The molecule has 2 N–H and O–H groups in total. The first kappa shape index (κ1) is 13.5. The fraction of sp³-hybridized carbons (Fsp3) is 0.917. The van der Waals surface area contributed by atoms with Gasteiger partial charge in [-0.15, -0.1) is 0 Å². The maximum atomic E-state index is 12.3. The van der Waals surface area contributed by atoms with Crippen LogP contribution in [0.1, 0.15) is 39.5 Å². The minimum absolute atomic E-state index is 0.146. The predicted molar refractivity (Wildman–Crippen MR) is 64.2 cm³/mol. The van der Waals surface area contributed by atoms with Crippen LogP contribution in [0.5, 0.6) is 0 Å². The van der Waals surface area contributed by atoms with Crippen molar-refractivity contribution in [3.63, 3.8) is 0 Å². The smallest absolute Gasteiger partial charge is 0.242 e. The standard InChI is InChI=1S/C12H24N2O2/c1-12(2,13-3)11(16)14(8-5-9-15)10-6-4-7-10/h10,13,15H,4-9H2,1-3H3. The Hall–Kier alpha value is -0.610. The lowest BCUT2D eigenvalue weighted by atomic mass is 9.89. The van der Waals surface area contributed by atoms with E-state index in [0.29, 0.717) is 19.0 Å². The van der Waals surface area contributed by atoms with Crippen LogP contribution in [0, 0.1) is 0 Å². The summed E-state index contributed by atoms with van der Waals surface area (Å²) < 4.78 is 0. The molecule has 16 heavy (non-hydrogen) atoms. The van der Waals surface area contributed by atoms with Crippen molar-refractivity contribution in [2.75, 3.05) is 20.2 Å². The first-order valence-corrected chi connectivity index (χ1v) is 6.13. The van der Waals surface area contributed by atoms with Crippen LogP contribution < -0.4 is 5.32 Å². The van der Waals surface area contributed by atoms with Gasteiger partial charge < -0.3 is 15.3 Å². The van der Waals surface area contributed by atoms with Crippen molar-refractivity contribution in [2.24, 2.45) is 0 Å². The third kappa shape index (κ3) is 2.95. The molecule has 1 aliphatic carbocycles. The van der Waals surface area contributed by atoms with E-state index in [1.54, 1.807) is 0 Å². The lowest BCUT2D eigenvalue weighted by Crippen LogP contribution is -2.57. The highest BCUT2D eigenvalue weighted by atomic mass is 16.3. The highest BCUT2D eigenvalue weighted by Gasteiger charge is 2.35. The number of aliphatic hydroxyl groups excluding tert-OH is 1. The molecule has 0 aromatic rings. The van der Waals surface area contributed by atoms with Crippen molar-refractivity contribution in [1.82, 2.24) is 10.2 Å². The van der Waals surface area contributed by atoms with Crippen LogP contribution in [0.15, 0.2) is 0 Å². The Bertz CT molecular complexity index is 237. The van der Waals surface area contributed by atoms with Gasteiger partial charge in [0.05, 0.1) is 5.54 Å². The molecular weight excluding hydrogens is 204 g/mol. The molecule has 0 bridgehead atoms. The van der Waals surface area contributed by atoms with Crippen LogP contribution in [0.25, 0.3) is 0 Å². The van der Waals surface area contributed by atoms with E-state index in [4.69, 9.17) is 5.11 Å². The number of aliphatic hydroxyl groups is 1. The van der Waals surface area contributed by atoms with E-state index in [0.717, 1.165) is 12.8 Å².